The molecule has 1 N–H and O–H groups in total. The Morgan fingerprint density at radius 2 is 2.22 bits per heavy atom. The second kappa shape index (κ2) is 5.57. The topological polar surface area (TPSA) is 53.4 Å². The molecular weight excluding hydrogens is 252 g/mol. The van der Waals surface area contributed by atoms with Crippen molar-refractivity contribution in [2.75, 3.05) is 7.05 Å². The second-order valence-corrected chi connectivity index (χ2v) is 5.24. The lowest BCUT2D eigenvalue weighted by Crippen LogP contribution is -2.44. The average molecular weight is 269 g/mol. The number of nitrogens with zero attached hydrogens (tertiary/aromatic N) is 2. The van der Waals surface area contributed by atoms with Crippen LogP contribution in [0.25, 0.3) is 0 Å². The fourth-order valence-corrected chi connectivity index (χ4v) is 2.86. The molecule has 5 heteroatoms. The van der Waals surface area contributed by atoms with Crippen LogP contribution in [-0.2, 0) is 0 Å². The number of rotatable bonds is 2. The van der Waals surface area contributed by atoms with Gasteiger partial charge in [0.1, 0.15) is 5.75 Å². The zero-order valence-electron chi connectivity index (χ0n) is 10.3. The minimum Gasteiger partial charge on any atom is -0.505 e. The quantitative estimate of drug-likeness (QED) is 0.838. The fraction of sp³-hybridized carbons (Fsp3) is 0.538. The van der Waals surface area contributed by atoms with E-state index in [1.54, 1.807) is 11.9 Å². The maximum atomic E-state index is 12.3. The van der Waals surface area contributed by atoms with E-state index in [9.17, 15) is 9.90 Å². The first-order valence-corrected chi connectivity index (χ1v) is 6.59. The highest BCUT2D eigenvalue weighted by atomic mass is 35.5. The third kappa shape index (κ3) is 2.58. The number of hydrogen-bond acceptors (Lipinski definition) is 3. The number of aromatic nitrogens is 1. The van der Waals surface area contributed by atoms with Crippen molar-refractivity contribution in [3.05, 3.63) is 24.0 Å². The number of halogens is 1. The summed E-state index contributed by atoms with van der Waals surface area (Å²) in [6.45, 7) is 0. The molecule has 18 heavy (non-hydrogen) atoms. The first-order valence-electron chi connectivity index (χ1n) is 6.15. The lowest BCUT2D eigenvalue weighted by Gasteiger charge is -2.35. The zero-order valence-corrected chi connectivity index (χ0v) is 11.1. The van der Waals surface area contributed by atoms with E-state index in [4.69, 9.17) is 11.6 Å². The van der Waals surface area contributed by atoms with Crippen LogP contribution in [0.5, 0.6) is 5.75 Å². The van der Waals surface area contributed by atoms with Gasteiger partial charge in [0.25, 0.3) is 5.91 Å². The molecule has 1 aromatic rings. The van der Waals surface area contributed by atoms with Crippen LogP contribution in [-0.4, -0.2) is 39.4 Å². The van der Waals surface area contributed by atoms with E-state index in [1.807, 2.05) is 0 Å². The van der Waals surface area contributed by atoms with Crippen LogP contribution in [0.2, 0.25) is 0 Å². The molecule has 1 aliphatic rings. The number of carbonyl (C=O) groups excluding carboxylic acids is 1. The maximum absolute atomic E-state index is 12.3. The van der Waals surface area contributed by atoms with Crippen molar-refractivity contribution < 1.29 is 9.90 Å². The van der Waals surface area contributed by atoms with E-state index in [0.29, 0.717) is 0 Å². The zero-order chi connectivity index (χ0) is 13.1. The van der Waals surface area contributed by atoms with Gasteiger partial charge < -0.3 is 10.0 Å². The predicted octanol–water partition coefficient (Wildman–Crippen LogP) is 2.41. The molecule has 98 valence electrons. The van der Waals surface area contributed by atoms with Gasteiger partial charge in [-0.25, -0.2) is 0 Å². The molecule has 0 bridgehead atoms. The van der Waals surface area contributed by atoms with Crippen LogP contribution in [0.4, 0.5) is 0 Å². The van der Waals surface area contributed by atoms with E-state index in [1.165, 1.54) is 18.5 Å². The maximum Gasteiger partial charge on any atom is 0.257 e. The summed E-state index contributed by atoms with van der Waals surface area (Å²) in [6.07, 6.45) is 6.84. The number of aromatic hydroxyl groups is 1. The summed E-state index contributed by atoms with van der Waals surface area (Å²) in [4.78, 5) is 17.7. The number of amides is 1. The molecule has 0 aliphatic heterocycles. The molecule has 1 fully saturated rings. The van der Waals surface area contributed by atoms with Crippen LogP contribution in [0.15, 0.2) is 18.5 Å². The largest absolute Gasteiger partial charge is 0.505 e. The molecular formula is C13H17ClN2O2. The van der Waals surface area contributed by atoms with Crippen molar-refractivity contribution in [1.29, 1.82) is 0 Å². The molecule has 0 aromatic carbocycles. The highest BCUT2D eigenvalue weighted by molar-refractivity contribution is 6.21. The van der Waals surface area contributed by atoms with Gasteiger partial charge in [0.05, 0.1) is 17.1 Å². The first-order chi connectivity index (χ1) is 8.61. The summed E-state index contributed by atoms with van der Waals surface area (Å²) in [5.41, 5.74) is 0.280. The summed E-state index contributed by atoms with van der Waals surface area (Å²) < 4.78 is 0. The second-order valence-electron chi connectivity index (χ2n) is 4.68. The Hall–Kier alpha value is -1.29. The van der Waals surface area contributed by atoms with Crippen molar-refractivity contribution in [3.63, 3.8) is 0 Å². The van der Waals surface area contributed by atoms with Gasteiger partial charge in [0.15, 0.2) is 0 Å². The van der Waals surface area contributed by atoms with Crippen LogP contribution in [0.3, 0.4) is 0 Å². The van der Waals surface area contributed by atoms with Gasteiger partial charge in [0, 0.05) is 19.3 Å². The van der Waals surface area contributed by atoms with Gasteiger partial charge in [0.2, 0.25) is 0 Å². The molecule has 0 radical (unpaired) electrons. The van der Waals surface area contributed by atoms with E-state index < -0.39 is 0 Å². The minimum atomic E-state index is -0.201. The summed E-state index contributed by atoms with van der Waals surface area (Å²) in [6, 6.07) is 1.57. The Morgan fingerprint density at radius 3 is 2.89 bits per heavy atom. The molecule has 0 saturated heterocycles. The van der Waals surface area contributed by atoms with Crippen LogP contribution < -0.4 is 0 Å². The molecule has 2 unspecified atom stereocenters. The Morgan fingerprint density at radius 1 is 1.50 bits per heavy atom. The Bertz CT molecular complexity index is 439. The van der Waals surface area contributed by atoms with Crippen molar-refractivity contribution in [3.8, 4) is 5.75 Å². The Balaban J connectivity index is 2.16. The third-order valence-corrected chi connectivity index (χ3v) is 4.00. The summed E-state index contributed by atoms with van der Waals surface area (Å²) in [7, 11) is 1.74. The molecule has 2 atom stereocenters. The monoisotopic (exact) mass is 268 g/mol. The molecule has 0 spiro atoms. The summed E-state index contributed by atoms with van der Waals surface area (Å²) >= 11 is 6.28. The number of hydrogen-bond donors (Lipinski definition) is 1. The average Bonchev–Trinajstić information content (AvgIpc) is 2.38. The van der Waals surface area contributed by atoms with E-state index >= 15 is 0 Å². The van der Waals surface area contributed by atoms with Crippen molar-refractivity contribution in [1.82, 2.24) is 9.88 Å². The van der Waals surface area contributed by atoms with Crippen molar-refractivity contribution >= 4 is 17.5 Å². The van der Waals surface area contributed by atoms with E-state index in [-0.39, 0.29) is 28.6 Å². The van der Waals surface area contributed by atoms with Gasteiger partial charge >= 0.3 is 0 Å². The highest BCUT2D eigenvalue weighted by Crippen LogP contribution is 2.28. The lowest BCUT2D eigenvalue weighted by atomic mass is 9.93. The Kier molecular flexibility index (Phi) is 4.07. The van der Waals surface area contributed by atoms with Crippen molar-refractivity contribution in [2.24, 2.45) is 0 Å². The number of alkyl halides is 1. The minimum absolute atomic E-state index is 0.00307. The lowest BCUT2D eigenvalue weighted by molar-refractivity contribution is 0.0697. The molecule has 4 nitrogen and oxygen atoms in total. The standard InChI is InChI=1S/C13H17ClN2O2/c1-16(11-5-3-2-4-10(11)14)13(18)9-6-7-15-8-12(9)17/h6-8,10-11,17H,2-5H2,1H3. The number of carbonyl (C=O) groups is 1. The number of pyridine rings is 1. The van der Waals surface area contributed by atoms with Crippen LogP contribution in [0, 0.1) is 0 Å². The van der Waals surface area contributed by atoms with Crippen molar-refractivity contribution in [2.45, 2.75) is 37.1 Å². The van der Waals surface area contributed by atoms with Gasteiger partial charge in [-0.15, -0.1) is 11.6 Å². The summed E-state index contributed by atoms with van der Waals surface area (Å²) in [5.74, 6) is -0.288. The predicted molar refractivity (Wildman–Crippen MR) is 69.9 cm³/mol. The molecule has 1 amide bonds. The van der Waals surface area contributed by atoms with Crippen LogP contribution in [0.1, 0.15) is 36.0 Å². The third-order valence-electron chi connectivity index (χ3n) is 3.50. The SMILES string of the molecule is CN(C(=O)c1ccncc1O)C1CCCCC1Cl. The highest BCUT2D eigenvalue weighted by Gasteiger charge is 2.30. The van der Waals surface area contributed by atoms with E-state index in [2.05, 4.69) is 4.98 Å². The first kappa shape index (κ1) is 13.1. The normalized spacial score (nSPS) is 23.7. The smallest absolute Gasteiger partial charge is 0.257 e. The molecule has 1 saturated carbocycles. The van der Waals surface area contributed by atoms with Gasteiger partial charge in [-0.1, -0.05) is 12.8 Å². The Labute approximate surface area is 112 Å². The van der Waals surface area contributed by atoms with Gasteiger partial charge in [-0.05, 0) is 18.9 Å². The molecule has 1 aliphatic carbocycles. The molecule has 1 aromatic heterocycles. The summed E-state index contributed by atoms with van der Waals surface area (Å²) in [5, 5.41) is 9.65. The van der Waals surface area contributed by atoms with Crippen LogP contribution >= 0.6 is 11.6 Å². The van der Waals surface area contributed by atoms with E-state index in [0.717, 1.165) is 25.7 Å². The van der Waals surface area contributed by atoms with Gasteiger partial charge in [-0.3, -0.25) is 9.78 Å². The molecule has 2 rings (SSSR count). The van der Waals surface area contributed by atoms with Gasteiger partial charge in [-0.2, -0.15) is 0 Å². The fourth-order valence-electron chi connectivity index (χ4n) is 2.41. The molecule has 1 heterocycles.